The van der Waals surface area contributed by atoms with E-state index in [4.69, 9.17) is 28.4 Å². The molecule has 0 aromatic heterocycles. The van der Waals surface area contributed by atoms with Gasteiger partial charge in [-0.15, -0.1) is 0 Å². The first kappa shape index (κ1) is 98.3. The Morgan fingerprint density at radius 1 is 0.248 bits per heavy atom. The zero-order valence-corrected chi connectivity index (χ0v) is 73.7. The van der Waals surface area contributed by atoms with Crippen LogP contribution in [0.4, 0.5) is 0 Å². The SMILES string of the molecule is CCC(C)c1ccc(COC2CCCC2)cc1.CCC(C)c1ccc(COC2CCCCC2)cc1.CCCCC(C)OCc1ccc(C(C)CC)cc1.CCCCCC(C)OCc1ccc(C(C)CC)cc1.CCCCCCCOCc1ccc(C(C)CC)cc1.CCCCCCOCc1ccc(C(C)CC)cc1. The summed E-state index contributed by atoms with van der Waals surface area (Å²) in [5.74, 6) is 3.96. The first-order chi connectivity index (χ1) is 53.0. The van der Waals surface area contributed by atoms with E-state index in [9.17, 15) is 0 Å². The van der Waals surface area contributed by atoms with Crippen LogP contribution in [0.3, 0.4) is 0 Å². The number of hydrogen-bond donors (Lipinski definition) is 0. The Balaban J connectivity index is 0.000000339. The topological polar surface area (TPSA) is 55.4 Å². The molecule has 0 radical (unpaired) electrons. The smallest absolute Gasteiger partial charge is 0.0720 e. The Morgan fingerprint density at radius 3 is 0.752 bits per heavy atom. The minimum atomic E-state index is 0.374. The molecule has 0 spiro atoms. The van der Waals surface area contributed by atoms with Crippen molar-refractivity contribution >= 4 is 0 Å². The van der Waals surface area contributed by atoms with Crippen molar-refractivity contribution in [1.82, 2.24) is 0 Å². The Hall–Kier alpha value is -4.92. The van der Waals surface area contributed by atoms with E-state index >= 15 is 0 Å². The molecule has 0 N–H and O–H groups in total. The molecule has 6 aromatic carbocycles. The van der Waals surface area contributed by atoms with Gasteiger partial charge in [-0.3, -0.25) is 0 Å². The molecule has 6 aromatic rings. The Kier molecular flexibility index (Phi) is 57.2. The van der Waals surface area contributed by atoms with Gasteiger partial charge in [-0.1, -0.05) is 366 Å². The highest BCUT2D eigenvalue weighted by Crippen LogP contribution is 2.28. The van der Waals surface area contributed by atoms with Crippen LogP contribution in [-0.4, -0.2) is 37.6 Å². The largest absolute Gasteiger partial charge is 0.377 e. The maximum Gasteiger partial charge on any atom is 0.0720 e. The van der Waals surface area contributed by atoms with Crippen molar-refractivity contribution in [2.24, 2.45) is 0 Å². The van der Waals surface area contributed by atoms with Crippen molar-refractivity contribution in [3.8, 4) is 0 Å². The monoisotopic (exact) mass is 1500 g/mol. The molecule has 6 heteroatoms. The zero-order valence-electron chi connectivity index (χ0n) is 73.7. The van der Waals surface area contributed by atoms with Crippen molar-refractivity contribution in [3.05, 3.63) is 212 Å². The predicted molar refractivity (Wildman–Crippen MR) is 474 cm³/mol. The lowest BCUT2D eigenvalue weighted by Crippen LogP contribution is -2.16. The molecule has 0 saturated heterocycles. The van der Waals surface area contributed by atoms with Crippen LogP contribution >= 0.6 is 0 Å². The number of unbranched alkanes of at least 4 members (excludes halogenated alkanes) is 10. The minimum absolute atomic E-state index is 0.374. The molecular weight excluding hydrogens is 1330 g/mol. The highest BCUT2D eigenvalue weighted by Gasteiger charge is 2.17. The summed E-state index contributed by atoms with van der Waals surface area (Å²) in [5.41, 5.74) is 16.4. The van der Waals surface area contributed by atoms with E-state index in [0.717, 1.165) is 52.9 Å². The van der Waals surface area contributed by atoms with E-state index in [1.54, 1.807) is 0 Å². The summed E-state index contributed by atoms with van der Waals surface area (Å²) in [6.07, 6.45) is 41.1. The van der Waals surface area contributed by atoms with Crippen molar-refractivity contribution in [2.75, 3.05) is 13.2 Å². The third-order valence-electron chi connectivity index (χ3n) is 23.1. The van der Waals surface area contributed by atoms with E-state index in [-0.39, 0.29) is 0 Å². The zero-order chi connectivity index (χ0) is 79.5. The summed E-state index contributed by atoms with van der Waals surface area (Å²) in [7, 11) is 0. The maximum atomic E-state index is 6.00. The van der Waals surface area contributed by atoms with Gasteiger partial charge in [-0.2, -0.15) is 0 Å². The molecule has 109 heavy (non-hydrogen) atoms. The van der Waals surface area contributed by atoms with Crippen molar-refractivity contribution < 1.29 is 28.4 Å². The second-order valence-electron chi connectivity index (χ2n) is 32.6. The van der Waals surface area contributed by atoms with Gasteiger partial charge in [0.05, 0.1) is 64.1 Å². The van der Waals surface area contributed by atoms with Gasteiger partial charge in [0.25, 0.3) is 0 Å². The third kappa shape index (κ3) is 45.5. The molecule has 614 valence electrons. The predicted octanol–water partition coefficient (Wildman–Crippen LogP) is 31.7. The van der Waals surface area contributed by atoms with Gasteiger partial charge >= 0.3 is 0 Å². The first-order valence-corrected chi connectivity index (χ1v) is 45.1. The van der Waals surface area contributed by atoms with Crippen LogP contribution in [0.2, 0.25) is 0 Å². The van der Waals surface area contributed by atoms with Gasteiger partial charge in [0, 0.05) is 13.2 Å². The number of rotatable bonds is 46. The van der Waals surface area contributed by atoms with Gasteiger partial charge < -0.3 is 28.4 Å². The number of benzene rings is 6. The molecule has 8 unspecified atom stereocenters. The summed E-state index contributed by atoms with van der Waals surface area (Å²) in [6.45, 7) is 46.8. The molecule has 2 saturated carbocycles. The number of hydrogen-bond acceptors (Lipinski definition) is 6. The van der Waals surface area contributed by atoms with E-state index < -0.39 is 0 Å². The molecule has 8 atom stereocenters. The third-order valence-corrected chi connectivity index (χ3v) is 23.1. The van der Waals surface area contributed by atoms with E-state index in [0.29, 0.717) is 59.9 Å². The van der Waals surface area contributed by atoms with Gasteiger partial charge in [-0.05, 0) is 206 Å². The van der Waals surface area contributed by atoms with Gasteiger partial charge in [0.15, 0.2) is 0 Å². The van der Waals surface area contributed by atoms with Crippen LogP contribution in [0.25, 0.3) is 0 Å². The molecule has 0 heterocycles. The van der Waals surface area contributed by atoms with E-state index in [1.165, 1.54) is 266 Å². The molecule has 8 rings (SSSR count). The van der Waals surface area contributed by atoms with Crippen molar-refractivity contribution in [2.45, 2.75) is 423 Å². The van der Waals surface area contributed by atoms with Crippen LogP contribution in [0.15, 0.2) is 146 Å². The Bertz CT molecular complexity index is 2980. The highest BCUT2D eigenvalue weighted by atomic mass is 16.5. The lowest BCUT2D eigenvalue weighted by Gasteiger charge is -2.22. The molecule has 0 amide bonds. The van der Waals surface area contributed by atoms with Crippen LogP contribution in [0.5, 0.6) is 0 Å². The van der Waals surface area contributed by atoms with Crippen LogP contribution in [0, 0.1) is 0 Å². The minimum Gasteiger partial charge on any atom is -0.377 e. The van der Waals surface area contributed by atoms with Crippen molar-refractivity contribution in [1.29, 1.82) is 0 Å². The summed E-state index contributed by atoms with van der Waals surface area (Å²) < 4.78 is 35.1. The molecule has 6 nitrogen and oxygen atoms in total. The van der Waals surface area contributed by atoms with Crippen LogP contribution in [0.1, 0.15) is 426 Å². The van der Waals surface area contributed by atoms with Gasteiger partial charge in [-0.25, -0.2) is 0 Å². The average Bonchev–Trinajstić information content (AvgIpc) is 1.50. The average molecular weight is 1500 g/mol. The Morgan fingerprint density at radius 2 is 0.477 bits per heavy atom. The highest BCUT2D eigenvalue weighted by molar-refractivity contribution is 5.29. The lowest BCUT2D eigenvalue weighted by atomic mass is 9.97. The second-order valence-corrected chi connectivity index (χ2v) is 32.6. The van der Waals surface area contributed by atoms with Crippen molar-refractivity contribution in [3.63, 3.8) is 0 Å². The number of ether oxygens (including phenoxy) is 6. The van der Waals surface area contributed by atoms with Crippen LogP contribution in [-0.2, 0) is 68.1 Å². The molecule has 2 aliphatic carbocycles. The van der Waals surface area contributed by atoms with E-state index in [2.05, 4.69) is 270 Å². The fourth-order valence-corrected chi connectivity index (χ4v) is 13.4. The summed E-state index contributed by atoms with van der Waals surface area (Å²) >= 11 is 0. The first-order valence-electron chi connectivity index (χ1n) is 45.1. The lowest BCUT2D eigenvalue weighted by molar-refractivity contribution is 0.0168. The summed E-state index contributed by atoms with van der Waals surface area (Å²) in [5, 5.41) is 0. The molecule has 2 aliphatic rings. The standard InChI is InChI=1S/2C18H30O.C17H26O.2C17H28O.C16H24O/c1-5-7-8-9-16(4)19-14-17-10-12-18(13-11-17)15(3)6-2;1-4-6-7-8-9-14-19-15-17-10-12-18(13-11-17)16(3)5-2;1-3-14(2)16-11-9-15(10-12-16)13-18-17-7-5-4-6-8-17;1-5-7-8-15(4)18-13-16-9-11-17(12-10-16)14(3)6-2;1-4-6-7-8-13-18-14-16-9-11-17(12-10-16)15(3)5-2;1-3-13(2)15-10-8-14(9-11-15)12-17-16-6-4-5-7-16/h10-13,15-16H,5-9,14H2,1-4H3;10-13,16H,4-9,14-15H2,1-3H3;9-12,14,17H,3-8,13H2,1-2H3;9-12,14-15H,5-8,13H2,1-4H3;9-12,15H,4-8,13-14H2,1-3H3;8-11,13,16H,3-7,12H2,1-2H3. The van der Waals surface area contributed by atoms with Gasteiger partial charge in [0.1, 0.15) is 0 Å². The normalized spacial score (nSPS) is 15.1. The van der Waals surface area contributed by atoms with Gasteiger partial charge in [0.2, 0.25) is 0 Å². The van der Waals surface area contributed by atoms with E-state index in [1.807, 2.05) is 0 Å². The fraction of sp³-hybridized carbons (Fsp3) is 0.650. The summed E-state index contributed by atoms with van der Waals surface area (Å²) in [4.78, 5) is 0. The summed E-state index contributed by atoms with van der Waals surface area (Å²) in [6, 6.07) is 53.5. The molecule has 0 bridgehead atoms. The molecular formula is C103H166O6. The second kappa shape index (κ2) is 63.5. The molecule has 0 aliphatic heterocycles. The quantitative estimate of drug-likeness (QED) is 0.0355. The Labute approximate surface area is 673 Å². The maximum absolute atomic E-state index is 6.00. The molecule has 2 fully saturated rings. The van der Waals surface area contributed by atoms with Crippen LogP contribution < -0.4 is 0 Å². The fourth-order valence-electron chi connectivity index (χ4n) is 13.4.